The molecule has 15 heavy (non-hydrogen) atoms. The van der Waals surface area contributed by atoms with Crippen LogP contribution in [0.1, 0.15) is 12.0 Å². The van der Waals surface area contributed by atoms with Crippen molar-refractivity contribution < 1.29 is 4.39 Å². The van der Waals surface area contributed by atoms with Crippen LogP contribution in [0, 0.1) is 5.82 Å². The summed E-state index contributed by atoms with van der Waals surface area (Å²) in [4.78, 5) is 0. The summed E-state index contributed by atoms with van der Waals surface area (Å²) in [5, 5.41) is 3.32. The van der Waals surface area contributed by atoms with Crippen LogP contribution in [0.2, 0.25) is 0 Å². The predicted octanol–water partition coefficient (Wildman–Crippen LogP) is 2.71. The minimum atomic E-state index is -0.0941. The van der Waals surface area contributed by atoms with E-state index in [0.717, 1.165) is 25.1 Å². The first-order valence-corrected chi connectivity index (χ1v) is 6.67. The largest absolute Gasteiger partial charge is 0.316 e. The molecule has 0 atom stereocenters. The second-order valence-electron chi connectivity index (χ2n) is 3.44. The maximum atomic E-state index is 13.2. The van der Waals surface area contributed by atoms with Crippen LogP contribution in [-0.4, -0.2) is 25.1 Å². The van der Waals surface area contributed by atoms with Crippen molar-refractivity contribution in [2.75, 3.05) is 25.1 Å². The van der Waals surface area contributed by atoms with Gasteiger partial charge in [-0.1, -0.05) is 18.2 Å². The Hall–Kier alpha value is -0.540. The van der Waals surface area contributed by atoms with Crippen LogP contribution in [-0.2, 0) is 6.42 Å². The fraction of sp³-hybridized carbons (Fsp3) is 0.500. The first kappa shape index (κ1) is 12.5. The van der Waals surface area contributed by atoms with Crippen molar-refractivity contribution in [3.05, 3.63) is 35.6 Å². The van der Waals surface area contributed by atoms with E-state index in [9.17, 15) is 4.39 Å². The molecule has 0 radical (unpaired) electrons. The van der Waals surface area contributed by atoms with E-state index in [4.69, 9.17) is 0 Å². The Morgan fingerprint density at radius 2 is 2.07 bits per heavy atom. The summed E-state index contributed by atoms with van der Waals surface area (Å²) in [7, 11) is 0. The van der Waals surface area contributed by atoms with Crippen LogP contribution < -0.4 is 5.32 Å². The van der Waals surface area contributed by atoms with Gasteiger partial charge >= 0.3 is 0 Å². The molecule has 0 aliphatic carbocycles. The molecule has 0 aliphatic heterocycles. The minimum absolute atomic E-state index is 0.0941. The van der Waals surface area contributed by atoms with Crippen LogP contribution in [0.5, 0.6) is 0 Å². The average molecular weight is 227 g/mol. The molecule has 0 fully saturated rings. The summed E-state index contributed by atoms with van der Waals surface area (Å²) in [5.74, 6) is 1.09. The molecular weight excluding hydrogens is 209 g/mol. The van der Waals surface area contributed by atoms with Gasteiger partial charge in [0.15, 0.2) is 0 Å². The van der Waals surface area contributed by atoms with E-state index in [0.29, 0.717) is 0 Å². The van der Waals surface area contributed by atoms with Crippen LogP contribution in [0.3, 0.4) is 0 Å². The van der Waals surface area contributed by atoms with Crippen molar-refractivity contribution in [2.24, 2.45) is 0 Å². The SMILES string of the molecule is CSCCCNCCc1ccccc1F. The number of benzene rings is 1. The van der Waals surface area contributed by atoms with Crippen LogP contribution in [0.25, 0.3) is 0 Å². The molecular formula is C12H18FNS. The maximum Gasteiger partial charge on any atom is 0.126 e. The van der Waals surface area contributed by atoms with E-state index in [-0.39, 0.29) is 5.82 Å². The van der Waals surface area contributed by atoms with Gasteiger partial charge in [-0.05, 0) is 49.6 Å². The number of rotatable bonds is 7. The lowest BCUT2D eigenvalue weighted by Crippen LogP contribution is -2.19. The number of nitrogens with one attached hydrogen (secondary N) is 1. The predicted molar refractivity (Wildman–Crippen MR) is 66.0 cm³/mol. The Balaban J connectivity index is 2.12. The van der Waals surface area contributed by atoms with E-state index < -0.39 is 0 Å². The van der Waals surface area contributed by atoms with Crippen LogP contribution in [0.4, 0.5) is 4.39 Å². The summed E-state index contributed by atoms with van der Waals surface area (Å²) >= 11 is 1.86. The second-order valence-corrected chi connectivity index (χ2v) is 4.42. The fourth-order valence-corrected chi connectivity index (χ4v) is 1.82. The Morgan fingerprint density at radius 1 is 1.27 bits per heavy atom. The molecule has 0 heterocycles. The van der Waals surface area contributed by atoms with Crippen molar-refractivity contribution in [1.82, 2.24) is 5.32 Å². The van der Waals surface area contributed by atoms with E-state index >= 15 is 0 Å². The number of hydrogen-bond donors (Lipinski definition) is 1. The summed E-state index contributed by atoms with van der Waals surface area (Å²) in [5.41, 5.74) is 0.801. The highest BCUT2D eigenvalue weighted by Gasteiger charge is 1.98. The normalized spacial score (nSPS) is 10.5. The fourth-order valence-electron chi connectivity index (χ4n) is 1.39. The summed E-state index contributed by atoms with van der Waals surface area (Å²) in [6.45, 7) is 1.88. The molecule has 0 saturated carbocycles. The summed E-state index contributed by atoms with van der Waals surface area (Å²) < 4.78 is 13.2. The van der Waals surface area contributed by atoms with Crippen LogP contribution >= 0.6 is 11.8 Å². The highest BCUT2D eigenvalue weighted by atomic mass is 32.2. The van der Waals surface area contributed by atoms with Gasteiger partial charge in [-0.3, -0.25) is 0 Å². The van der Waals surface area contributed by atoms with Gasteiger partial charge in [-0.2, -0.15) is 11.8 Å². The number of thioether (sulfide) groups is 1. The van der Waals surface area contributed by atoms with Gasteiger partial charge in [0.25, 0.3) is 0 Å². The molecule has 1 aromatic rings. The van der Waals surface area contributed by atoms with E-state index in [1.807, 2.05) is 23.9 Å². The van der Waals surface area contributed by atoms with Crippen LogP contribution in [0.15, 0.2) is 24.3 Å². The Kier molecular flexibility index (Phi) is 6.44. The molecule has 0 aromatic heterocycles. The maximum absolute atomic E-state index is 13.2. The standard InChI is InChI=1S/C12H18FNS/c1-15-10-4-8-14-9-7-11-5-2-3-6-12(11)13/h2-3,5-6,14H,4,7-10H2,1H3. The average Bonchev–Trinajstić information content (AvgIpc) is 2.25. The molecule has 0 aliphatic rings. The smallest absolute Gasteiger partial charge is 0.126 e. The molecule has 3 heteroatoms. The summed E-state index contributed by atoms with van der Waals surface area (Å²) in [6, 6.07) is 6.97. The minimum Gasteiger partial charge on any atom is -0.316 e. The van der Waals surface area contributed by atoms with Gasteiger partial charge < -0.3 is 5.32 Å². The van der Waals surface area contributed by atoms with E-state index in [2.05, 4.69) is 11.6 Å². The quantitative estimate of drug-likeness (QED) is 0.719. The Morgan fingerprint density at radius 3 is 2.80 bits per heavy atom. The number of halogens is 1. The molecule has 0 spiro atoms. The van der Waals surface area contributed by atoms with Gasteiger partial charge in [0, 0.05) is 0 Å². The van der Waals surface area contributed by atoms with Gasteiger partial charge in [0.1, 0.15) is 5.82 Å². The third-order valence-corrected chi connectivity index (χ3v) is 2.93. The monoisotopic (exact) mass is 227 g/mol. The third kappa shape index (κ3) is 5.19. The molecule has 0 bridgehead atoms. The first-order chi connectivity index (χ1) is 7.34. The third-order valence-electron chi connectivity index (χ3n) is 2.23. The lowest BCUT2D eigenvalue weighted by molar-refractivity contribution is 0.597. The second kappa shape index (κ2) is 7.71. The topological polar surface area (TPSA) is 12.0 Å². The molecule has 1 rings (SSSR count). The zero-order valence-corrected chi connectivity index (χ0v) is 9.95. The molecule has 84 valence electrons. The number of hydrogen-bond acceptors (Lipinski definition) is 2. The van der Waals surface area contributed by atoms with Gasteiger partial charge in [0.2, 0.25) is 0 Å². The van der Waals surface area contributed by atoms with Crippen molar-refractivity contribution in [3.63, 3.8) is 0 Å². The lowest BCUT2D eigenvalue weighted by Gasteiger charge is -2.05. The summed E-state index contributed by atoms with van der Waals surface area (Å²) in [6.07, 6.45) is 4.06. The lowest BCUT2D eigenvalue weighted by atomic mass is 10.1. The van der Waals surface area contributed by atoms with Crippen molar-refractivity contribution >= 4 is 11.8 Å². The van der Waals surface area contributed by atoms with Gasteiger partial charge in [0.05, 0.1) is 0 Å². The molecule has 0 saturated heterocycles. The zero-order valence-electron chi connectivity index (χ0n) is 9.13. The molecule has 1 N–H and O–H groups in total. The molecule has 1 aromatic carbocycles. The van der Waals surface area contributed by atoms with Gasteiger partial charge in [-0.25, -0.2) is 4.39 Å². The Labute approximate surface area is 95.5 Å². The van der Waals surface area contributed by atoms with Crippen molar-refractivity contribution in [2.45, 2.75) is 12.8 Å². The van der Waals surface area contributed by atoms with Crippen molar-refractivity contribution in [3.8, 4) is 0 Å². The van der Waals surface area contributed by atoms with Crippen molar-refractivity contribution in [1.29, 1.82) is 0 Å². The van der Waals surface area contributed by atoms with E-state index in [1.54, 1.807) is 6.07 Å². The van der Waals surface area contributed by atoms with E-state index in [1.165, 1.54) is 18.2 Å². The highest BCUT2D eigenvalue weighted by Crippen LogP contribution is 2.06. The van der Waals surface area contributed by atoms with Gasteiger partial charge in [-0.15, -0.1) is 0 Å². The molecule has 0 unspecified atom stereocenters. The highest BCUT2D eigenvalue weighted by molar-refractivity contribution is 7.98. The molecule has 1 nitrogen and oxygen atoms in total. The first-order valence-electron chi connectivity index (χ1n) is 5.27. The Bertz CT molecular complexity index is 278. The molecule has 0 amide bonds. The zero-order chi connectivity index (χ0) is 10.9.